The maximum atomic E-state index is 12.9. The van der Waals surface area contributed by atoms with Crippen molar-refractivity contribution in [2.45, 2.75) is 18.6 Å². The number of guanidine groups is 2. The lowest BCUT2D eigenvalue weighted by Gasteiger charge is -2.12. The molecule has 31 heavy (non-hydrogen) atoms. The lowest BCUT2D eigenvalue weighted by molar-refractivity contribution is -0.137. The number of hydrogen-bond donors (Lipinski definition) is 4. The van der Waals surface area contributed by atoms with Crippen LogP contribution in [0.15, 0.2) is 58.5 Å². The number of amides is 2. The maximum Gasteiger partial charge on any atom is 0.417 e. The van der Waals surface area contributed by atoms with Gasteiger partial charge in [-0.1, -0.05) is 29.8 Å². The first kappa shape index (κ1) is 22.1. The summed E-state index contributed by atoms with van der Waals surface area (Å²) < 4.78 is 38.8. The molecule has 162 valence electrons. The molecule has 3 rings (SSSR count). The predicted octanol–water partition coefficient (Wildman–Crippen LogP) is 2.97. The van der Waals surface area contributed by atoms with Crippen LogP contribution in [0, 0.1) is 0 Å². The van der Waals surface area contributed by atoms with Crippen LogP contribution in [0.4, 0.5) is 24.5 Å². The number of benzene rings is 2. The second-order valence-electron chi connectivity index (χ2n) is 6.39. The van der Waals surface area contributed by atoms with Crippen molar-refractivity contribution in [3.8, 4) is 0 Å². The van der Waals surface area contributed by atoms with E-state index >= 15 is 0 Å². The van der Waals surface area contributed by atoms with Crippen molar-refractivity contribution >= 4 is 46.7 Å². The minimum atomic E-state index is -4.67. The summed E-state index contributed by atoms with van der Waals surface area (Å²) >= 11 is 5.55. The van der Waals surface area contributed by atoms with E-state index in [1.807, 2.05) is 6.07 Å². The Bertz CT molecular complexity index is 1060. The van der Waals surface area contributed by atoms with Crippen LogP contribution in [0.2, 0.25) is 5.02 Å². The maximum absolute atomic E-state index is 12.9. The third-order valence-corrected chi connectivity index (χ3v) is 4.35. The van der Waals surface area contributed by atoms with Gasteiger partial charge in [0.05, 0.1) is 17.0 Å². The number of hydrogen-bond acceptors (Lipinski definition) is 4. The van der Waals surface area contributed by atoms with Gasteiger partial charge in [0.2, 0.25) is 17.8 Å². The SMILES string of the molecule is NC(=NC1=N[C@H](CC(=O)Nc2ccc(Cl)c(C(F)(F)F)c2)C(=O)N1)Nc1ccccc1. The third-order valence-electron chi connectivity index (χ3n) is 4.02. The van der Waals surface area contributed by atoms with Gasteiger partial charge in [-0.05, 0) is 30.3 Å². The number of rotatable bonds is 4. The molecule has 0 aromatic heterocycles. The molecule has 0 aliphatic carbocycles. The van der Waals surface area contributed by atoms with Crippen molar-refractivity contribution in [2.24, 2.45) is 15.7 Å². The molecule has 0 saturated heterocycles. The average molecular weight is 453 g/mol. The van der Waals surface area contributed by atoms with Crippen LogP contribution in [0.25, 0.3) is 0 Å². The van der Waals surface area contributed by atoms with E-state index in [4.69, 9.17) is 17.3 Å². The molecule has 0 bridgehead atoms. The van der Waals surface area contributed by atoms with Gasteiger partial charge in [-0.25, -0.2) is 4.99 Å². The van der Waals surface area contributed by atoms with Crippen LogP contribution >= 0.6 is 11.6 Å². The zero-order chi connectivity index (χ0) is 22.6. The zero-order valence-electron chi connectivity index (χ0n) is 15.7. The third kappa shape index (κ3) is 5.95. The summed E-state index contributed by atoms with van der Waals surface area (Å²) in [7, 11) is 0. The highest BCUT2D eigenvalue weighted by molar-refractivity contribution is 6.31. The number of nitrogens with zero attached hydrogens (tertiary/aromatic N) is 2. The van der Waals surface area contributed by atoms with E-state index in [1.165, 1.54) is 6.07 Å². The van der Waals surface area contributed by atoms with Crippen LogP contribution < -0.4 is 21.7 Å². The van der Waals surface area contributed by atoms with E-state index in [9.17, 15) is 22.8 Å². The summed E-state index contributed by atoms with van der Waals surface area (Å²) in [6.07, 6.45) is -5.07. The van der Waals surface area contributed by atoms with Gasteiger partial charge in [-0.15, -0.1) is 0 Å². The highest BCUT2D eigenvalue weighted by Crippen LogP contribution is 2.36. The Morgan fingerprint density at radius 3 is 2.55 bits per heavy atom. The first-order valence-corrected chi connectivity index (χ1v) is 9.21. The predicted molar refractivity (Wildman–Crippen MR) is 111 cm³/mol. The van der Waals surface area contributed by atoms with Gasteiger partial charge in [0.1, 0.15) is 6.04 Å². The van der Waals surface area contributed by atoms with Gasteiger partial charge in [0.15, 0.2) is 0 Å². The van der Waals surface area contributed by atoms with Crippen molar-refractivity contribution in [1.82, 2.24) is 5.32 Å². The molecular weight excluding hydrogens is 437 g/mol. The van der Waals surface area contributed by atoms with Gasteiger partial charge in [-0.3, -0.25) is 14.9 Å². The van der Waals surface area contributed by atoms with Gasteiger partial charge in [0, 0.05) is 11.4 Å². The molecule has 0 unspecified atom stereocenters. The van der Waals surface area contributed by atoms with E-state index in [2.05, 4.69) is 25.9 Å². The fourth-order valence-electron chi connectivity index (χ4n) is 2.65. The van der Waals surface area contributed by atoms with E-state index in [-0.39, 0.29) is 17.6 Å². The summed E-state index contributed by atoms with van der Waals surface area (Å²) in [6.45, 7) is 0. The second kappa shape index (κ2) is 9.04. The molecule has 1 atom stereocenters. The van der Waals surface area contributed by atoms with E-state index in [0.29, 0.717) is 11.8 Å². The Balaban J connectivity index is 1.63. The topological polar surface area (TPSA) is 121 Å². The average Bonchev–Trinajstić information content (AvgIpc) is 3.01. The molecule has 1 aliphatic rings. The number of nitrogens with one attached hydrogen (secondary N) is 3. The number of carbonyl (C=O) groups excluding carboxylic acids is 2. The molecule has 1 aliphatic heterocycles. The summed E-state index contributed by atoms with van der Waals surface area (Å²) in [5.74, 6) is -1.42. The van der Waals surface area contributed by atoms with Crippen LogP contribution in [-0.2, 0) is 15.8 Å². The lowest BCUT2D eigenvalue weighted by atomic mass is 10.1. The fraction of sp³-hybridized carbons (Fsp3) is 0.158. The molecule has 5 N–H and O–H groups in total. The van der Waals surface area contributed by atoms with Crippen molar-refractivity contribution in [1.29, 1.82) is 0 Å². The Labute approximate surface area is 179 Å². The zero-order valence-corrected chi connectivity index (χ0v) is 16.5. The molecule has 2 aromatic carbocycles. The van der Waals surface area contributed by atoms with E-state index < -0.39 is 41.0 Å². The molecular formula is C19H16ClF3N6O2. The Hall–Kier alpha value is -3.60. The number of anilines is 2. The standard InChI is InChI=1S/C19H16ClF3N6O2/c20-13-7-6-11(8-12(13)19(21,22)23)25-15(30)9-14-16(31)28-18(27-14)29-17(24)26-10-4-2-1-3-5-10/h1-8,14H,9H2,(H,25,30)(H4,24,26,27,28,29,31)/t14-/m1/s1. The van der Waals surface area contributed by atoms with Gasteiger partial charge < -0.3 is 16.4 Å². The van der Waals surface area contributed by atoms with Crippen molar-refractivity contribution in [3.63, 3.8) is 0 Å². The summed E-state index contributed by atoms with van der Waals surface area (Å²) in [5.41, 5.74) is 5.24. The normalized spacial score (nSPS) is 16.5. The second-order valence-corrected chi connectivity index (χ2v) is 6.80. The van der Waals surface area contributed by atoms with Gasteiger partial charge in [0.25, 0.3) is 5.91 Å². The van der Waals surface area contributed by atoms with Crippen LogP contribution in [0.1, 0.15) is 12.0 Å². The fourth-order valence-corrected chi connectivity index (χ4v) is 2.87. The number of alkyl halides is 3. The Kier molecular flexibility index (Phi) is 6.44. The highest BCUT2D eigenvalue weighted by Gasteiger charge is 2.34. The minimum Gasteiger partial charge on any atom is -0.369 e. The van der Waals surface area contributed by atoms with Crippen LogP contribution in [-0.4, -0.2) is 29.8 Å². The molecule has 2 amide bonds. The van der Waals surface area contributed by atoms with Gasteiger partial charge >= 0.3 is 6.18 Å². The van der Waals surface area contributed by atoms with Crippen LogP contribution in [0.3, 0.4) is 0 Å². The smallest absolute Gasteiger partial charge is 0.369 e. The number of nitrogens with two attached hydrogens (primary N) is 1. The van der Waals surface area contributed by atoms with E-state index in [1.54, 1.807) is 24.3 Å². The molecule has 0 spiro atoms. The number of halogens is 4. The summed E-state index contributed by atoms with van der Waals surface area (Å²) in [6, 6.07) is 10.8. The first-order chi connectivity index (χ1) is 14.6. The number of aliphatic imine (C=N–C) groups is 2. The molecule has 1 heterocycles. The monoisotopic (exact) mass is 452 g/mol. The van der Waals surface area contributed by atoms with E-state index in [0.717, 1.165) is 6.07 Å². The Morgan fingerprint density at radius 2 is 1.87 bits per heavy atom. The quantitative estimate of drug-likeness (QED) is 0.421. The van der Waals surface area contributed by atoms with Crippen molar-refractivity contribution in [3.05, 3.63) is 59.1 Å². The minimum absolute atomic E-state index is 0.0313. The molecule has 0 radical (unpaired) electrons. The molecule has 0 fully saturated rings. The molecule has 12 heteroatoms. The van der Waals surface area contributed by atoms with Crippen molar-refractivity contribution in [2.75, 3.05) is 10.6 Å². The van der Waals surface area contributed by atoms with Gasteiger partial charge in [-0.2, -0.15) is 18.2 Å². The van der Waals surface area contributed by atoms with Crippen molar-refractivity contribution < 1.29 is 22.8 Å². The lowest BCUT2D eigenvalue weighted by Crippen LogP contribution is -2.32. The number of carbonyl (C=O) groups is 2. The highest BCUT2D eigenvalue weighted by atomic mass is 35.5. The summed E-state index contributed by atoms with van der Waals surface area (Å²) in [4.78, 5) is 32.2. The first-order valence-electron chi connectivity index (χ1n) is 8.83. The molecule has 2 aromatic rings. The number of para-hydroxylation sites is 1. The molecule has 0 saturated carbocycles. The Morgan fingerprint density at radius 1 is 1.16 bits per heavy atom. The largest absolute Gasteiger partial charge is 0.417 e. The summed E-state index contributed by atoms with van der Waals surface area (Å²) in [5, 5.41) is 7.00. The van der Waals surface area contributed by atoms with Crippen LogP contribution in [0.5, 0.6) is 0 Å². The molecule has 8 nitrogen and oxygen atoms in total.